The molecule has 6 heteroatoms. The van der Waals surface area contributed by atoms with Crippen LogP contribution in [-0.4, -0.2) is 48.7 Å². The smallest absolute Gasteiger partial charge is 0.258 e. The van der Waals surface area contributed by atoms with Gasteiger partial charge in [0.2, 0.25) is 5.91 Å². The van der Waals surface area contributed by atoms with Crippen LogP contribution < -0.4 is 10.1 Å². The molecule has 4 fully saturated rings. The van der Waals surface area contributed by atoms with E-state index >= 15 is 0 Å². The lowest BCUT2D eigenvalue weighted by molar-refractivity contribution is -0.158. The number of hydrogen-bond acceptors (Lipinski definition) is 4. The number of ether oxygens (including phenoxy) is 2. The van der Waals surface area contributed by atoms with Crippen LogP contribution in [0.3, 0.4) is 0 Å². The largest absolute Gasteiger partial charge is 0.467 e. The van der Waals surface area contributed by atoms with Crippen LogP contribution in [0.2, 0.25) is 0 Å². The Morgan fingerprint density at radius 1 is 1.19 bits per heavy atom. The number of hydrogen-bond donors (Lipinski definition) is 1. The minimum absolute atomic E-state index is 0.0511. The van der Waals surface area contributed by atoms with E-state index in [0.29, 0.717) is 37.6 Å². The molecule has 4 atom stereocenters. The highest BCUT2D eigenvalue weighted by Crippen LogP contribution is 2.52. The number of morpholine rings is 1. The number of benzene rings is 1. The van der Waals surface area contributed by atoms with Gasteiger partial charge in [-0.15, -0.1) is 0 Å². The summed E-state index contributed by atoms with van der Waals surface area (Å²) < 4.78 is 11.7. The Balaban J connectivity index is 1.38. The summed E-state index contributed by atoms with van der Waals surface area (Å²) in [7, 11) is 0. The molecule has 6 nitrogen and oxygen atoms in total. The third kappa shape index (κ3) is 2.42. The fourth-order valence-electron chi connectivity index (χ4n) is 5.28. The number of nitrogens with one attached hydrogen (secondary N) is 1. The van der Waals surface area contributed by atoms with Crippen molar-refractivity contribution in [3.8, 4) is 5.75 Å². The topological polar surface area (TPSA) is 67.9 Å². The van der Waals surface area contributed by atoms with Crippen LogP contribution >= 0.6 is 0 Å². The van der Waals surface area contributed by atoms with E-state index in [1.54, 1.807) is 6.07 Å². The van der Waals surface area contributed by atoms with Gasteiger partial charge in [-0.25, -0.2) is 0 Å². The Labute approximate surface area is 152 Å². The Kier molecular flexibility index (Phi) is 3.71. The number of amides is 2. The molecule has 1 aromatic carbocycles. The van der Waals surface area contributed by atoms with Crippen LogP contribution in [0.15, 0.2) is 24.3 Å². The maximum atomic E-state index is 13.0. The number of rotatable bonds is 1. The fourth-order valence-corrected chi connectivity index (χ4v) is 5.28. The predicted molar refractivity (Wildman–Crippen MR) is 93.6 cm³/mol. The van der Waals surface area contributed by atoms with E-state index in [9.17, 15) is 9.59 Å². The van der Waals surface area contributed by atoms with Crippen LogP contribution in [0.25, 0.3) is 0 Å². The van der Waals surface area contributed by atoms with E-state index in [-0.39, 0.29) is 29.6 Å². The SMILES string of the molecule is O=C1N[C@@]2(C[C@H]3CC[C@H]2C[C@@H]3C(=O)N2CCOCC2)Oc2ccccc21. The monoisotopic (exact) mass is 356 g/mol. The molecular formula is C20H24N2O4. The molecule has 1 spiro atoms. The van der Waals surface area contributed by atoms with Crippen molar-refractivity contribution in [1.82, 2.24) is 10.2 Å². The van der Waals surface area contributed by atoms with Crippen molar-refractivity contribution >= 4 is 11.8 Å². The average molecular weight is 356 g/mol. The minimum Gasteiger partial charge on any atom is -0.467 e. The molecule has 3 aliphatic carbocycles. The first-order valence-electron chi connectivity index (χ1n) is 9.63. The fraction of sp³-hybridized carbons (Fsp3) is 0.600. The zero-order valence-electron chi connectivity index (χ0n) is 14.8. The number of fused-ring (bicyclic) bond motifs is 3. The molecule has 0 aromatic heterocycles. The summed E-state index contributed by atoms with van der Waals surface area (Å²) in [4.78, 5) is 27.6. The average Bonchev–Trinajstić information content (AvgIpc) is 2.68. The van der Waals surface area contributed by atoms with Crippen LogP contribution in [0.4, 0.5) is 0 Å². The number of nitrogens with zero attached hydrogens (tertiary/aromatic N) is 1. The zero-order valence-corrected chi connectivity index (χ0v) is 14.8. The van der Waals surface area contributed by atoms with Crippen LogP contribution in [0, 0.1) is 17.8 Å². The second-order valence-electron chi connectivity index (χ2n) is 7.96. The summed E-state index contributed by atoms with van der Waals surface area (Å²) >= 11 is 0. The Morgan fingerprint density at radius 2 is 2.00 bits per heavy atom. The van der Waals surface area contributed by atoms with Gasteiger partial charge in [-0.2, -0.15) is 0 Å². The molecule has 1 aromatic rings. The normalized spacial score (nSPS) is 35.6. The summed E-state index contributed by atoms with van der Waals surface area (Å²) in [6, 6.07) is 7.42. The molecule has 1 saturated heterocycles. The van der Waals surface area contributed by atoms with Crippen molar-refractivity contribution in [3.05, 3.63) is 29.8 Å². The van der Waals surface area contributed by atoms with Crippen LogP contribution in [-0.2, 0) is 9.53 Å². The van der Waals surface area contributed by atoms with E-state index in [4.69, 9.17) is 9.47 Å². The molecule has 2 aliphatic heterocycles. The molecule has 5 aliphatic rings. The molecule has 2 bridgehead atoms. The van der Waals surface area contributed by atoms with Crippen molar-refractivity contribution < 1.29 is 19.1 Å². The molecule has 138 valence electrons. The third-order valence-electron chi connectivity index (χ3n) is 6.61. The Bertz CT molecular complexity index is 745. The van der Waals surface area contributed by atoms with Gasteiger partial charge >= 0.3 is 0 Å². The van der Waals surface area contributed by atoms with Gasteiger partial charge in [-0.05, 0) is 37.3 Å². The maximum absolute atomic E-state index is 13.0. The van der Waals surface area contributed by atoms with E-state index in [1.165, 1.54) is 0 Å². The van der Waals surface area contributed by atoms with Gasteiger partial charge in [0.25, 0.3) is 5.91 Å². The third-order valence-corrected chi connectivity index (χ3v) is 6.61. The van der Waals surface area contributed by atoms with Crippen molar-refractivity contribution in [2.45, 2.75) is 31.4 Å². The highest BCUT2D eigenvalue weighted by Gasteiger charge is 2.57. The molecule has 6 rings (SSSR count). The van der Waals surface area contributed by atoms with Gasteiger partial charge in [0.05, 0.1) is 18.8 Å². The lowest BCUT2D eigenvalue weighted by Crippen LogP contribution is -2.67. The maximum Gasteiger partial charge on any atom is 0.258 e. The zero-order chi connectivity index (χ0) is 17.7. The molecule has 0 radical (unpaired) electrons. The molecule has 0 unspecified atom stereocenters. The highest BCUT2D eigenvalue weighted by molar-refractivity contribution is 5.98. The summed E-state index contributed by atoms with van der Waals surface area (Å²) in [5.41, 5.74) is -0.0450. The molecule has 1 N–H and O–H groups in total. The van der Waals surface area contributed by atoms with Crippen molar-refractivity contribution in [2.75, 3.05) is 26.3 Å². The second kappa shape index (κ2) is 5.98. The van der Waals surface area contributed by atoms with E-state index in [0.717, 1.165) is 25.7 Å². The lowest BCUT2D eigenvalue weighted by Gasteiger charge is -2.55. The van der Waals surface area contributed by atoms with Gasteiger partial charge in [-0.3, -0.25) is 9.59 Å². The van der Waals surface area contributed by atoms with Gasteiger partial charge in [0.15, 0.2) is 5.72 Å². The summed E-state index contributed by atoms with van der Waals surface area (Å²) in [6.07, 6.45) is 3.55. The molecule has 3 saturated carbocycles. The van der Waals surface area contributed by atoms with E-state index < -0.39 is 5.72 Å². The number of carbonyl (C=O) groups excluding carboxylic acids is 2. The van der Waals surface area contributed by atoms with E-state index in [1.807, 2.05) is 23.1 Å². The van der Waals surface area contributed by atoms with Crippen LogP contribution in [0.5, 0.6) is 5.75 Å². The lowest BCUT2D eigenvalue weighted by atomic mass is 9.59. The van der Waals surface area contributed by atoms with Crippen molar-refractivity contribution in [1.29, 1.82) is 0 Å². The summed E-state index contributed by atoms with van der Waals surface area (Å²) in [5, 5.41) is 3.15. The predicted octanol–water partition coefficient (Wildman–Crippen LogP) is 1.80. The van der Waals surface area contributed by atoms with E-state index in [2.05, 4.69) is 5.32 Å². The summed E-state index contributed by atoms with van der Waals surface area (Å²) in [6.45, 7) is 2.65. The number of para-hydroxylation sites is 1. The molecule has 2 amide bonds. The molecule has 2 heterocycles. The molecular weight excluding hydrogens is 332 g/mol. The Morgan fingerprint density at radius 3 is 2.77 bits per heavy atom. The molecule has 26 heavy (non-hydrogen) atoms. The van der Waals surface area contributed by atoms with Crippen LogP contribution in [0.1, 0.15) is 36.0 Å². The quantitative estimate of drug-likeness (QED) is 0.833. The summed E-state index contributed by atoms with van der Waals surface area (Å²) in [5.74, 6) is 1.37. The highest BCUT2D eigenvalue weighted by atomic mass is 16.5. The van der Waals surface area contributed by atoms with Crippen molar-refractivity contribution in [3.63, 3.8) is 0 Å². The first-order chi connectivity index (χ1) is 12.7. The standard InChI is InChI=1S/C20H24N2O4/c23-18-15-3-1-2-4-17(15)26-20(21-18)12-13-5-6-14(20)11-16(13)19(24)22-7-9-25-10-8-22/h1-4,13-14,16H,5-12H2,(H,21,23)/t13-,14+,16+,20+/m1/s1. The van der Waals surface area contributed by atoms with Gasteiger partial charge in [-0.1, -0.05) is 12.1 Å². The second-order valence-corrected chi connectivity index (χ2v) is 7.96. The first-order valence-corrected chi connectivity index (χ1v) is 9.63. The number of carbonyl (C=O) groups is 2. The first kappa shape index (κ1) is 16.1. The van der Waals surface area contributed by atoms with Gasteiger partial charge < -0.3 is 19.7 Å². The Hall–Kier alpha value is -2.08. The van der Waals surface area contributed by atoms with Crippen molar-refractivity contribution in [2.24, 2.45) is 17.8 Å². The van der Waals surface area contributed by atoms with Gasteiger partial charge in [0, 0.05) is 31.3 Å². The minimum atomic E-state index is -0.643. The van der Waals surface area contributed by atoms with Gasteiger partial charge in [0.1, 0.15) is 5.75 Å².